The molecule has 2 heterocycles. The number of nitrogens with zero attached hydrogens (tertiary/aromatic N) is 1. The van der Waals surface area contributed by atoms with E-state index in [2.05, 4.69) is 23.2 Å². The maximum absolute atomic E-state index is 6.06. The minimum Gasteiger partial charge on any atom is -0.481 e. The Labute approximate surface area is 152 Å². The Morgan fingerprint density at radius 2 is 1.96 bits per heavy atom. The molecular formula is C21H19ClN2O. The highest BCUT2D eigenvalue weighted by molar-refractivity contribution is 6.30. The summed E-state index contributed by atoms with van der Waals surface area (Å²) in [6, 6.07) is 14.1. The van der Waals surface area contributed by atoms with Crippen LogP contribution in [-0.4, -0.2) is 17.1 Å². The fraction of sp³-hybridized carbons (Fsp3) is 0.190. The average Bonchev–Trinajstić information content (AvgIpc) is 3.36. The van der Waals surface area contributed by atoms with Crippen molar-refractivity contribution in [2.45, 2.75) is 18.8 Å². The van der Waals surface area contributed by atoms with Crippen LogP contribution in [0.4, 0.5) is 0 Å². The molecule has 0 saturated heterocycles. The lowest BCUT2D eigenvalue weighted by atomic mass is 9.99. The number of H-pyrrole nitrogens is 1. The number of ether oxygens (including phenoxy) is 1. The first kappa shape index (κ1) is 16.0. The predicted octanol–water partition coefficient (Wildman–Crippen LogP) is 5.54. The number of rotatable bonds is 5. The molecular weight excluding hydrogens is 332 g/mol. The standard InChI is InChI=1S/C21H19ClN2O/c1-25-21-18(15-2-3-15)8-9-20(24-21)19(12-14-10-11-23-13-14)16-4-6-17(22)7-5-16/h4-13,15,23H,2-3H2,1H3/b19-12+. The smallest absolute Gasteiger partial charge is 0.217 e. The van der Waals surface area contributed by atoms with Gasteiger partial charge in [-0.3, -0.25) is 0 Å². The van der Waals surface area contributed by atoms with E-state index in [0.717, 1.165) is 33.3 Å². The van der Waals surface area contributed by atoms with Crippen molar-refractivity contribution in [1.29, 1.82) is 0 Å². The molecule has 0 bridgehead atoms. The minimum absolute atomic E-state index is 0.601. The molecule has 4 rings (SSSR count). The normalized spacial score (nSPS) is 14.6. The van der Waals surface area contributed by atoms with E-state index >= 15 is 0 Å². The second-order valence-electron chi connectivity index (χ2n) is 6.28. The first-order valence-corrected chi connectivity index (χ1v) is 8.78. The number of methoxy groups -OCH3 is 1. The Morgan fingerprint density at radius 3 is 2.60 bits per heavy atom. The van der Waals surface area contributed by atoms with Crippen LogP contribution in [0.5, 0.6) is 5.88 Å². The van der Waals surface area contributed by atoms with Crippen LogP contribution >= 0.6 is 11.6 Å². The summed E-state index contributed by atoms with van der Waals surface area (Å²) in [5.41, 5.74) is 5.31. The quantitative estimate of drug-likeness (QED) is 0.656. The van der Waals surface area contributed by atoms with Gasteiger partial charge in [0.05, 0.1) is 12.8 Å². The average molecular weight is 351 g/mol. The molecule has 1 aromatic carbocycles. The zero-order valence-corrected chi connectivity index (χ0v) is 14.8. The van der Waals surface area contributed by atoms with E-state index in [-0.39, 0.29) is 0 Å². The minimum atomic E-state index is 0.601. The lowest BCUT2D eigenvalue weighted by molar-refractivity contribution is 0.392. The van der Waals surface area contributed by atoms with Gasteiger partial charge in [-0.2, -0.15) is 0 Å². The van der Waals surface area contributed by atoms with Crippen LogP contribution in [0.15, 0.2) is 54.9 Å². The molecule has 0 aliphatic heterocycles. The van der Waals surface area contributed by atoms with E-state index < -0.39 is 0 Å². The molecule has 1 saturated carbocycles. The van der Waals surface area contributed by atoms with Crippen molar-refractivity contribution >= 4 is 23.3 Å². The van der Waals surface area contributed by atoms with E-state index in [0.29, 0.717) is 5.92 Å². The molecule has 3 nitrogen and oxygen atoms in total. The van der Waals surface area contributed by atoms with Gasteiger partial charge in [-0.1, -0.05) is 29.8 Å². The highest BCUT2D eigenvalue weighted by Gasteiger charge is 2.27. The topological polar surface area (TPSA) is 37.9 Å². The van der Waals surface area contributed by atoms with Crippen molar-refractivity contribution in [2.24, 2.45) is 0 Å². The van der Waals surface area contributed by atoms with Gasteiger partial charge in [0.1, 0.15) is 0 Å². The molecule has 1 N–H and O–H groups in total. The maximum atomic E-state index is 6.06. The van der Waals surface area contributed by atoms with Gasteiger partial charge in [0.15, 0.2) is 0 Å². The second kappa shape index (κ2) is 6.77. The molecule has 2 aromatic heterocycles. The van der Waals surface area contributed by atoms with Crippen molar-refractivity contribution in [2.75, 3.05) is 7.11 Å². The van der Waals surface area contributed by atoms with Crippen molar-refractivity contribution in [3.8, 4) is 5.88 Å². The molecule has 126 valence electrons. The van der Waals surface area contributed by atoms with E-state index in [1.165, 1.54) is 18.4 Å². The number of nitrogens with one attached hydrogen (secondary N) is 1. The largest absolute Gasteiger partial charge is 0.481 e. The van der Waals surface area contributed by atoms with E-state index in [1.807, 2.05) is 42.7 Å². The van der Waals surface area contributed by atoms with Crippen molar-refractivity contribution < 1.29 is 4.74 Å². The Balaban J connectivity index is 1.81. The fourth-order valence-electron chi connectivity index (χ4n) is 3.00. The van der Waals surface area contributed by atoms with Gasteiger partial charge >= 0.3 is 0 Å². The number of benzene rings is 1. The molecule has 3 aromatic rings. The lowest BCUT2D eigenvalue weighted by Gasteiger charge is -2.12. The van der Waals surface area contributed by atoms with Crippen LogP contribution in [0.1, 0.15) is 41.1 Å². The molecule has 0 amide bonds. The number of pyridine rings is 1. The Hall–Kier alpha value is -2.52. The summed E-state index contributed by atoms with van der Waals surface area (Å²) < 4.78 is 5.56. The zero-order valence-electron chi connectivity index (χ0n) is 14.0. The van der Waals surface area contributed by atoms with Gasteiger partial charge in [0.2, 0.25) is 5.88 Å². The summed E-state index contributed by atoms with van der Waals surface area (Å²) >= 11 is 6.06. The van der Waals surface area contributed by atoms with Gasteiger partial charge < -0.3 is 9.72 Å². The van der Waals surface area contributed by atoms with Crippen LogP contribution < -0.4 is 4.74 Å². The maximum Gasteiger partial charge on any atom is 0.217 e. The first-order valence-electron chi connectivity index (χ1n) is 8.40. The fourth-order valence-corrected chi connectivity index (χ4v) is 3.12. The van der Waals surface area contributed by atoms with E-state index in [9.17, 15) is 0 Å². The highest BCUT2D eigenvalue weighted by atomic mass is 35.5. The summed E-state index contributed by atoms with van der Waals surface area (Å²) in [4.78, 5) is 7.89. The van der Waals surface area contributed by atoms with Gasteiger partial charge in [-0.25, -0.2) is 4.98 Å². The van der Waals surface area contributed by atoms with Crippen LogP contribution in [0.3, 0.4) is 0 Å². The van der Waals surface area contributed by atoms with Crippen molar-refractivity contribution in [1.82, 2.24) is 9.97 Å². The summed E-state index contributed by atoms with van der Waals surface area (Å²) in [5, 5.41) is 0.722. The van der Waals surface area contributed by atoms with Gasteiger partial charge in [0, 0.05) is 28.6 Å². The first-order chi connectivity index (χ1) is 12.2. The number of aromatic amines is 1. The van der Waals surface area contributed by atoms with Gasteiger partial charge in [-0.15, -0.1) is 0 Å². The number of halogens is 1. The second-order valence-corrected chi connectivity index (χ2v) is 6.71. The molecule has 0 unspecified atom stereocenters. The molecule has 0 radical (unpaired) electrons. The van der Waals surface area contributed by atoms with Crippen LogP contribution in [0.25, 0.3) is 11.6 Å². The summed E-state index contributed by atoms with van der Waals surface area (Å²) in [6.07, 6.45) is 8.45. The van der Waals surface area contributed by atoms with Gasteiger partial charge in [-0.05, 0) is 60.2 Å². The molecule has 0 atom stereocenters. The molecule has 1 fully saturated rings. The molecule has 4 heteroatoms. The van der Waals surface area contributed by atoms with Crippen molar-refractivity contribution in [3.63, 3.8) is 0 Å². The summed E-state index contributed by atoms with van der Waals surface area (Å²) in [5.74, 6) is 1.33. The molecule has 0 spiro atoms. The number of aromatic nitrogens is 2. The monoisotopic (exact) mass is 350 g/mol. The SMILES string of the molecule is COc1nc(/C(=C/c2cc[nH]c2)c2ccc(Cl)cc2)ccc1C1CC1. The lowest BCUT2D eigenvalue weighted by Crippen LogP contribution is -1.99. The summed E-state index contributed by atoms with van der Waals surface area (Å²) in [7, 11) is 1.69. The third kappa shape index (κ3) is 3.47. The zero-order chi connectivity index (χ0) is 17.2. The van der Waals surface area contributed by atoms with E-state index in [1.54, 1.807) is 7.11 Å². The number of hydrogen-bond acceptors (Lipinski definition) is 2. The van der Waals surface area contributed by atoms with Crippen LogP contribution in [-0.2, 0) is 0 Å². The Bertz CT molecular complexity index is 894. The molecule has 1 aliphatic carbocycles. The predicted molar refractivity (Wildman–Crippen MR) is 102 cm³/mol. The summed E-state index contributed by atoms with van der Waals surface area (Å²) in [6.45, 7) is 0. The Morgan fingerprint density at radius 1 is 1.16 bits per heavy atom. The van der Waals surface area contributed by atoms with Crippen LogP contribution in [0.2, 0.25) is 5.02 Å². The third-order valence-corrected chi connectivity index (χ3v) is 4.72. The van der Waals surface area contributed by atoms with Crippen molar-refractivity contribution in [3.05, 3.63) is 82.3 Å². The molecule has 1 aliphatic rings. The third-order valence-electron chi connectivity index (χ3n) is 4.46. The Kier molecular flexibility index (Phi) is 4.33. The van der Waals surface area contributed by atoms with E-state index in [4.69, 9.17) is 21.3 Å². The van der Waals surface area contributed by atoms with Crippen LogP contribution in [0, 0.1) is 0 Å². The van der Waals surface area contributed by atoms with Gasteiger partial charge in [0.25, 0.3) is 0 Å². The number of hydrogen-bond donors (Lipinski definition) is 1. The highest BCUT2D eigenvalue weighted by Crippen LogP contribution is 2.44. The molecule has 25 heavy (non-hydrogen) atoms.